The number of amides is 1. The first kappa shape index (κ1) is 14.4. The topological polar surface area (TPSA) is 55.6 Å². The molecule has 4 nitrogen and oxygen atoms in total. The van der Waals surface area contributed by atoms with Crippen molar-refractivity contribution in [2.24, 2.45) is 11.7 Å². The van der Waals surface area contributed by atoms with Crippen molar-refractivity contribution in [3.63, 3.8) is 0 Å². The number of hydrogen-bond donors (Lipinski definition) is 1. The van der Waals surface area contributed by atoms with Crippen LogP contribution in [0.1, 0.15) is 27.2 Å². The number of carbonyl (C=O) groups excluding carboxylic acids is 1. The molecule has 0 spiro atoms. The van der Waals surface area contributed by atoms with Crippen LogP contribution in [0.3, 0.4) is 0 Å². The Morgan fingerprint density at radius 1 is 1.47 bits per heavy atom. The largest absolute Gasteiger partial charge is 0.372 e. The molecule has 0 saturated heterocycles. The van der Waals surface area contributed by atoms with Crippen LogP contribution < -0.4 is 5.73 Å². The van der Waals surface area contributed by atoms with Crippen molar-refractivity contribution in [1.29, 1.82) is 0 Å². The lowest BCUT2D eigenvalue weighted by Gasteiger charge is -2.23. The van der Waals surface area contributed by atoms with E-state index in [1.807, 2.05) is 20.8 Å². The average Bonchev–Trinajstić information content (AvgIpc) is 2.25. The highest BCUT2D eigenvalue weighted by atomic mass is 16.5. The summed E-state index contributed by atoms with van der Waals surface area (Å²) in [6.45, 7) is 8.94. The van der Waals surface area contributed by atoms with Crippen LogP contribution in [0.4, 0.5) is 0 Å². The van der Waals surface area contributed by atoms with Crippen molar-refractivity contribution in [2.45, 2.75) is 27.2 Å². The number of carbonyl (C=O) groups is 1. The highest BCUT2D eigenvalue weighted by Crippen LogP contribution is 1.99. The van der Waals surface area contributed by atoms with Gasteiger partial charge in [0, 0.05) is 19.7 Å². The Hall–Kier alpha value is -0.610. The molecule has 0 fully saturated rings. The monoisotopic (exact) mass is 216 g/mol. The van der Waals surface area contributed by atoms with Crippen molar-refractivity contribution in [2.75, 3.05) is 32.8 Å². The first-order valence-corrected chi connectivity index (χ1v) is 5.71. The summed E-state index contributed by atoms with van der Waals surface area (Å²) in [6, 6.07) is 0. The van der Waals surface area contributed by atoms with E-state index >= 15 is 0 Å². The molecule has 90 valence electrons. The van der Waals surface area contributed by atoms with E-state index in [0.717, 1.165) is 19.5 Å². The Kier molecular flexibility index (Phi) is 8.33. The summed E-state index contributed by atoms with van der Waals surface area (Å²) in [5.41, 5.74) is 5.53. The third-order valence-corrected chi connectivity index (χ3v) is 2.24. The molecule has 1 amide bonds. The van der Waals surface area contributed by atoms with Gasteiger partial charge in [0.2, 0.25) is 5.91 Å². The molecule has 0 aliphatic carbocycles. The molecule has 4 heteroatoms. The fourth-order valence-corrected chi connectivity index (χ4v) is 1.25. The zero-order valence-electron chi connectivity index (χ0n) is 10.2. The van der Waals surface area contributed by atoms with E-state index in [0.29, 0.717) is 19.1 Å². The van der Waals surface area contributed by atoms with E-state index in [1.165, 1.54) is 0 Å². The molecular weight excluding hydrogens is 192 g/mol. The van der Waals surface area contributed by atoms with Gasteiger partial charge in [-0.2, -0.15) is 0 Å². The first-order valence-electron chi connectivity index (χ1n) is 5.71. The summed E-state index contributed by atoms with van der Waals surface area (Å²) in [5.74, 6) is 0.409. The van der Waals surface area contributed by atoms with Gasteiger partial charge < -0.3 is 15.4 Å². The average molecular weight is 216 g/mol. The lowest BCUT2D eigenvalue weighted by atomic mass is 10.1. The maximum absolute atomic E-state index is 11.7. The quantitative estimate of drug-likeness (QED) is 0.612. The van der Waals surface area contributed by atoms with Crippen LogP contribution in [-0.4, -0.2) is 43.7 Å². The molecule has 15 heavy (non-hydrogen) atoms. The molecule has 1 atom stereocenters. The predicted octanol–water partition coefficient (Wildman–Crippen LogP) is 0.856. The summed E-state index contributed by atoms with van der Waals surface area (Å²) in [4.78, 5) is 13.5. The zero-order valence-corrected chi connectivity index (χ0v) is 10.2. The molecule has 0 saturated carbocycles. The van der Waals surface area contributed by atoms with Crippen LogP contribution in [0.25, 0.3) is 0 Å². The molecule has 0 radical (unpaired) electrons. The van der Waals surface area contributed by atoms with E-state index in [-0.39, 0.29) is 12.5 Å². The van der Waals surface area contributed by atoms with Gasteiger partial charge in [-0.05, 0) is 25.8 Å². The highest BCUT2D eigenvalue weighted by Gasteiger charge is 2.13. The Morgan fingerprint density at radius 3 is 2.60 bits per heavy atom. The third kappa shape index (κ3) is 6.47. The van der Waals surface area contributed by atoms with Crippen molar-refractivity contribution in [3.8, 4) is 0 Å². The number of nitrogens with two attached hydrogens (primary N) is 1. The molecule has 1 unspecified atom stereocenters. The van der Waals surface area contributed by atoms with Gasteiger partial charge in [-0.25, -0.2) is 0 Å². The maximum Gasteiger partial charge on any atom is 0.248 e. The number of rotatable bonds is 8. The Morgan fingerprint density at radius 2 is 2.13 bits per heavy atom. The number of nitrogens with zero attached hydrogens (tertiary/aromatic N) is 1. The number of hydrogen-bond acceptors (Lipinski definition) is 3. The summed E-state index contributed by atoms with van der Waals surface area (Å²) >= 11 is 0. The van der Waals surface area contributed by atoms with Crippen LogP contribution in [0.2, 0.25) is 0 Å². The molecule has 2 N–H and O–H groups in total. The maximum atomic E-state index is 11.7. The molecule has 0 aromatic rings. The van der Waals surface area contributed by atoms with Gasteiger partial charge in [-0.15, -0.1) is 0 Å². The Bertz CT molecular complexity index is 174. The van der Waals surface area contributed by atoms with Gasteiger partial charge in [0.1, 0.15) is 6.61 Å². The van der Waals surface area contributed by atoms with Gasteiger partial charge in [0.05, 0.1) is 0 Å². The zero-order chi connectivity index (χ0) is 11.7. The highest BCUT2D eigenvalue weighted by molar-refractivity contribution is 5.77. The van der Waals surface area contributed by atoms with Gasteiger partial charge in [0.25, 0.3) is 0 Å². The van der Waals surface area contributed by atoms with Crippen LogP contribution in [0.15, 0.2) is 0 Å². The fourth-order valence-electron chi connectivity index (χ4n) is 1.25. The van der Waals surface area contributed by atoms with E-state index < -0.39 is 0 Å². The van der Waals surface area contributed by atoms with Crippen LogP contribution in [-0.2, 0) is 9.53 Å². The molecular formula is C11H24N2O2. The van der Waals surface area contributed by atoms with Gasteiger partial charge >= 0.3 is 0 Å². The molecule has 0 aromatic heterocycles. The van der Waals surface area contributed by atoms with E-state index in [2.05, 4.69) is 0 Å². The molecule has 0 rings (SSSR count). The summed E-state index contributed by atoms with van der Waals surface area (Å²) in [5, 5.41) is 0. The molecule has 0 aliphatic rings. The lowest BCUT2D eigenvalue weighted by molar-refractivity contribution is -0.136. The molecule has 0 heterocycles. The summed E-state index contributed by atoms with van der Waals surface area (Å²) in [6.07, 6.45) is 0.943. The Balaban J connectivity index is 3.88. The normalized spacial score (nSPS) is 12.5. The lowest BCUT2D eigenvalue weighted by Crippen LogP contribution is -2.38. The molecule has 0 aliphatic heterocycles. The van der Waals surface area contributed by atoms with Crippen molar-refractivity contribution >= 4 is 5.91 Å². The summed E-state index contributed by atoms with van der Waals surface area (Å²) < 4.78 is 5.22. The van der Waals surface area contributed by atoms with Crippen molar-refractivity contribution < 1.29 is 9.53 Å². The van der Waals surface area contributed by atoms with E-state index in [9.17, 15) is 4.79 Å². The minimum Gasteiger partial charge on any atom is -0.372 e. The third-order valence-electron chi connectivity index (χ3n) is 2.24. The second-order valence-electron chi connectivity index (χ2n) is 3.83. The first-order chi connectivity index (χ1) is 7.15. The summed E-state index contributed by atoms with van der Waals surface area (Å²) in [7, 11) is 0. The predicted molar refractivity (Wildman–Crippen MR) is 61.6 cm³/mol. The number of ether oxygens (including phenoxy) is 1. The SMILES string of the molecule is CCCOCC(=O)N(CC)CC(C)CN. The standard InChI is InChI=1S/C11H24N2O2/c1-4-6-15-9-11(14)13(5-2)8-10(3)7-12/h10H,4-9,12H2,1-3H3. The minimum absolute atomic E-state index is 0.0613. The van der Waals surface area contributed by atoms with Crippen LogP contribution >= 0.6 is 0 Å². The van der Waals surface area contributed by atoms with Crippen LogP contribution in [0.5, 0.6) is 0 Å². The fraction of sp³-hybridized carbons (Fsp3) is 0.909. The van der Waals surface area contributed by atoms with E-state index in [1.54, 1.807) is 4.90 Å². The van der Waals surface area contributed by atoms with Crippen molar-refractivity contribution in [1.82, 2.24) is 4.90 Å². The van der Waals surface area contributed by atoms with E-state index in [4.69, 9.17) is 10.5 Å². The molecule has 0 bridgehead atoms. The minimum atomic E-state index is 0.0613. The van der Waals surface area contributed by atoms with Gasteiger partial charge in [-0.1, -0.05) is 13.8 Å². The van der Waals surface area contributed by atoms with Crippen LogP contribution in [0, 0.1) is 5.92 Å². The second kappa shape index (κ2) is 8.68. The smallest absolute Gasteiger partial charge is 0.248 e. The second-order valence-corrected chi connectivity index (χ2v) is 3.83. The van der Waals surface area contributed by atoms with Gasteiger partial charge in [-0.3, -0.25) is 4.79 Å². The number of likely N-dealkylation sites (N-methyl/N-ethyl adjacent to an activating group) is 1. The Labute approximate surface area is 92.8 Å². The van der Waals surface area contributed by atoms with Gasteiger partial charge in [0.15, 0.2) is 0 Å². The van der Waals surface area contributed by atoms with Crippen molar-refractivity contribution in [3.05, 3.63) is 0 Å². The molecule has 0 aromatic carbocycles.